The Morgan fingerprint density at radius 2 is 1.95 bits per heavy atom. The molecule has 7 heteroatoms. The Morgan fingerprint density at radius 1 is 1.32 bits per heavy atom. The van der Waals surface area contributed by atoms with Crippen molar-refractivity contribution in [3.63, 3.8) is 0 Å². The van der Waals surface area contributed by atoms with Crippen LogP contribution in [0.5, 0.6) is 0 Å². The number of anilines is 1. The van der Waals surface area contributed by atoms with Crippen molar-refractivity contribution in [1.29, 1.82) is 0 Å². The van der Waals surface area contributed by atoms with Crippen molar-refractivity contribution < 1.29 is 14.7 Å². The summed E-state index contributed by atoms with van der Waals surface area (Å²) >= 11 is 0. The number of rotatable bonds is 5. The van der Waals surface area contributed by atoms with Gasteiger partial charge in [0.2, 0.25) is 0 Å². The van der Waals surface area contributed by atoms with Crippen LogP contribution in [-0.4, -0.2) is 33.2 Å². The highest BCUT2D eigenvalue weighted by atomic mass is 16.4. The van der Waals surface area contributed by atoms with Crippen LogP contribution in [0.2, 0.25) is 0 Å². The Bertz CT molecular complexity index is 691. The molecule has 1 heterocycles. The number of hydrogen-bond donors (Lipinski definition) is 4. The first-order valence-corrected chi connectivity index (χ1v) is 6.78. The molecule has 2 aromatic rings. The number of aromatic nitrogens is 2. The number of H-pyrrole nitrogens is 1. The Labute approximate surface area is 127 Å². The first-order valence-electron chi connectivity index (χ1n) is 6.78. The van der Waals surface area contributed by atoms with Crippen LogP contribution in [0.25, 0.3) is 0 Å². The largest absolute Gasteiger partial charge is 0.480 e. The second-order valence-corrected chi connectivity index (χ2v) is 5.12. The quantitative estimate of drug-likeness (QED) is 0.662. The van der Waals surface area contributed by atoms with Crippen LogP contribution in [0.4, 0.5) is 5.69 Å². The number of carboxylic acids is 1. The summed E-state index contributed by atoms with van der Waals surface area (Å²) in [4.78, 5) is 22.8. The van der Waals surface area contributed by atoms with E-state index in [0.29, 0.717) is 11.4 Å². The van der Waals surface area contributed by atoms with Crippen molar-refractivity contribution in [3.8, 4) is 0 Å². The summed E-state index contributed by atoms with van der Waals surface area (Å²) in [6.45, 7) is 3.67. The molecule has 0 unspecified atom stereocenters. The van der Waals surface area contributed by atoms with E-state index in [1.165, 1.54) is 0 Å². The van der Waals surface area contributed by atoms with Gasteiger partial charge in [0, 0.05) is 16.9 Å². The van der Waals surface area contributed by atoms with Gasteiger partial charge >= 0.3 is 5.97 Å². The maximum atomic E-state index is 12.1. The fourth-order valence-electron chi connectivity index (χ4n) is 1.96. The van der Waals surface area contributed by atoms with Crippen LogP contribution >= 0.6 is 0 Å². The molecule has 1 aromatic carbocycles. The first-order chi connectivity index (χ1) is 10.4. The molecule has 1 atom stereocenters. The molecule has 22 heavy (non-hydrogen) atoms. The van der Waals surface area contributed by atoms with E-state index in [1.807, 2.05) is 13.8 Å². The third-order valence-electron chi connectivity index (χ3n) is 3.45. The number of hydrogen-bond acceptors (Lipinski definition) is 4. The third-order valence-corrected chi connectivity index (χ3v) is 3.45. The highest BCUT2D eigenvalue weighted by Crippen LogP contribution is 2.14. The highest BCUT2D eigenvalue weighted by Gasteiger charge is 2.15. The zero-order chi connectivity index (χ0) is 16.3. The zero-order valence-corrected chi connectivity index (χ0v) is 12.4. The normalized spacial score (nSPS) is 12.0. The maximum Gasteiger partial charge on any atom is 0.320 e. The summed E-state index contributed by atoms with van der Waals surface area (Å²) in [5.74, 6) is -1.33. The van der Waals surface area contributed by atoms with Gasteiger partial charge in [-0.15, -0.1) is 0 Å². The number of amides is 1. The molecule has 0 aliphatic rings. The summed E-state index contributed by atoms with van der Waals surface area (Å²) in [5, 5.41) is 18.3. The SMILES string of the molecule is Cc1[nH]nc(C(=O)Nc2ccc(C[C@H](N)C(=O)O)cc2)c1C. The monoisotopic (exact) mass is 302 g/mol. The molecule has 7 nitrogen and oxygen atoms in total. The van der Waals surface area contributed by atoms with Crippen LogP contribution in [0.3, 0.4) is 0 Å². The zero-order valence-electron chi connectivity index (χ0n) is 12.4. The van der Waals surface area contributed by atoms with Gasteiger partial charge in [-0.2, -0.15) is 5.10 Å². The van der Waals surface area contributed by atoms with Gasteiger partial charge < -0.3 is 16.2 Å². The number of carboxylic acid groups (broad SMARTS) is 1. The molecule has 0 radical (unpaired) electrons. The summed E-state index contributed by atoms with van der Waals surface area (Å²) in [6.07, 6.45) is 0.237. The molecule has 0 saturated heterocycles. The molecule has 2 rings (SSSR count). The molecule has 0 spiro atoms. The van der Waals surface area contributed by atoms with Gasteiger partial charge in [-0.05, 0) is 38.0 Å². The molecule has 5 N–H and O–H groups in total. The predicted molar refractivity (Wildman–Crippen MR) is 81.8 cm³/mol. The number of nitrogens with one attached hydrogen (secondary N) is 2. The molecular weight excluding hydrogens is 284 g/mol. The maximum absolute atomic E-state index is 12.1. The molecule has 1 aromatic heterocycles. The van der Waals surface area contributed by atoms with Crippen molar-refractivity contribution in [2.24, 2.45) is 5.73 Å². The van der Waals surface area contributed by atoms with Crippen LogP contribution in [0.1, 0.15) is 27.3 Å². The van der Waals surface area contributed by atoms with Crippen molar-refractivity contribution >= 4 is 17.6 Å². The highest BCUT2D eigenvalue weighted by molar-refractivity contribution is 6.03. The summed E-state index contributed by atoms with van der Waals surface area (Å²) in [6, 6.07) is 5.95. The van der Waals surface area contributed by atoms with Gasteiger partial charge in [0.25, 0.3) is 5.91 Å². The fourth-order valence-corrected chi connectivity index (χ4v) is 1.96. The number of aromatic amines is 1. The number of nitrogens with two attached hydrogens (primary N) is 1. The van der Waals surface area contributed by atoms with E-state index in [-0.39, 0.29) is 12.3 Å². The van der Waals surface area contributed by atoms with Crippen molar-refractivity contribution in [1.82, 2.24) is 10.2 Å². The first kappa shape index (κ1) is 15.7. The minimum Gasteiger partial charge on any atom is -0.480 e. The van der Waals surface area contributed by atoms with Gasteiger partial charge in [-0.1, -0.05) is 12.1 Å². The standard InChI is InChI=1S/C15H18N4O3/c1-8-9(2)18-19-13(8)14(20)17-11-5-3-10(4-6-11)7-12(16)15(21)22/h3-6,12H,7,16H2,1-2H3,(H,17,20)(H,18,19)(H,21,22)/t12-/m0/s1. The number of aliphatic carboxylic acids is 1. The lowest BCUT2D eigenvalue weighted by molar-refractivity contribution is -0.138. The minimum absolute atomic E-state index is 0.237. The van der Waals surface area contributed by atoms with Gasteiger partial charge in [0.1, 0.15) is 6.04 Å². The lowest BCUT2D eigenvalue weighted by atomic mass is 10.1. The Balaban J connectivity index is 2.03. The molecule has 0 fully saturated rings. The topological polar surface area (TPSA) is 121 Å². The van der Waals surface area contributed by atoms with Gasteiger partial charge in [0.15, 0.2) is 5.69 Å². The van der Waals surface area contributed by atoms with Gasteiger partial charge in [-0.25, -0.2) is 0 Å². The summed E-state index contributed by atoms with van der Waals surface area (Å²) in [7, 11) is 0. The lowest BCUT2D eigenvalue weighted by Gasteiger charge is -2.08. The van der Waals surface area contributed by atoms with Crippen LogP contribution in [0, 0.1) is 13.8 Å². The number of aryl methyl sites for hydroxylation is 1. The Hall–Kier alpha value is -2.67. The Morgan fingerprint density at radius 3 is 2.45 bits per heavy atom. The second kappa shape index (κ2) is 6.40. The molecule has 0 saturated carbocycles. The van der Waals surface area contributed by atoms with E-state index >= 15 is 0 Å². The summed E-state index contributed by atoms with van der Waals surface area (Å²) < 4.78 is 0. The number of benzene rings is 1. The molecule has 1 amide bonds. The molecular formula is C15H18N4O3. The van der Waals surface area contributed by atoms with E-state index in [1.54, 1.807) is 24.3 Å². The van der Waals surface area contributed by atoms with E-state index < -0.39 is 12.0 Å². The molecule has 0 aliphatic carbocycles. The second-order valence-electron chi connectivity index (χ2n) is 5.12. The van der Waals surface area contributed by atoms with Crippen molar-refractivity contribution in [2.75, 3.05) is 5.32 Å². The summed E-state index contributed by atoms with van der Waals surface area (Å²) in [5.41, 5.74) is 8.89. The predicted octanol–water partition coefficient (Wildman–Crippen LogP) is 1.23. The molecule has 0 aliphatic heterocycles. The van der Waals surface area contributed by atoms with Crippen LogP contribution < -0.4 is 11.1 Å². The fraction of sp³-hybridized carbons (Fsp3) is 0.267. The van der Waals surface area contributed by atoms with E-state index in [0.717, 1.165) is 16.8 Å². The van der Waals surface area contributed by atoms with Gasteiger partial charge in [0.05, 0.1) is 0 Å². The average molecular weight is 302 g/mol. The van der Waals surface area contributed by atoms with Gasteiger partial charge in [-0.3, -0.25) is 14.7 Å². The van der Waals surface area contributed by atoms with E-state index in [4.69, 9.17) is 10.8 Å². The number of carbonyl (C=O) groups excluding carboxylic acids is 1. The number of carbonyl (C=O) groups is 2. The van der Waals surface area contributed by atoms with Crippen molar-refractivity contribution in [2.45, 2.75) is 26.3 Å². The third kappa shape index (κ3) is 3.50. The average Bonchev–Trinajstić information content (AvgIpc) is 2.81. The van der Waals surface area contributed by atoms with Crippen LogP contribution in [-0.2, 0) is 11.2 Å². The Kier molecular flexibility index (Phi) is 4.57. The molecule has 0 bridgehead atoms. The minimum atomic E-state index is -1.04. The number of nitrogens with zero attached hydrogens (tertiary/aromatic N) is 1. The molecule has 116 valence electrons. The van der Waals surface area contributed by atoms with E-state index in [2.05, 4.69) is 15.5 Å². The van der Waals surface area contributed by atoms with E-state index in [9.17, 15) is 9.59 Å². The lowest BCUT2D eigenvalue weighted by Crippen LogP contribution is -2.32. The van der Waals surface area contributed by atoms with Crippen molar-refractivity contribution in [3.05, 3.63) is 46.8 Å². The van der Waals surface area contributed by atoms with Crippen LogP contribution in [0.15, 0.2) is 24.3 Å². The smallest absolute Gasteiger partial charge is 0.320 e.